The highest BCUT2D eigenvalue weighted by Gasteiger charge is 2.30. The number of ether oxygens (including phenoxy) is 1. The zero-order valence-electron chi connectivity index (χ0n) is 11.0. The molecule has 0 saturated carbocycles. The molecule has 0 radical (unpaired) electrons. The van der Waals surface area contributed by atoms with Gasteiger partial charge in [0.25, 0.3) is 0 Å². The first-order valence-electron chi connectivity index (χ1n) is 6.10. The van der Waals surface area contributed by atoms with Crippen molar-refractivity contribution in [3.8, 4) is 11.6 Å². The van der Waals surface area contributed by atoms with E-state index >= 15 is 0 Å². The summed E-state index contributed by atoms with van der Waals surface area (Å²) in [6.45, 7) is 3.64. The van der Waals surface area contributed by atoms with Gasteiger partial charge in [0, 0.05) is 23.5 Å². The maximum atomic E-state index is 12.4. The predicted molar refractivity (Wildman–Crippen MR) is 74.1 cm³/mol. The first-order valence-corrected chi connectivity index (χ1v) is 6.10. The third-order valence-corrected chi connectivity index (χ3v) is 2.73. The molecule has 0 unspecified atom stereocenters. The fraction of sp³-hybridized carbons (Fsp3) is 0.133. The van der Waals surface area contributed by atoms with Crippen LogP contribution in [0.2, 0.25) is 0 Å². The molecule has 1 aromatic carbocycles. The minimum absolute atomic E-state index is 0.0816. The third kappa shape index (κ3) is 3.75. The lowest BCUT2D eigenvalue weighted by molar-refractivity contribution is -0.137. The maximum absolute atomic E-state index is 12.4. The van der Waals surface area contributed by atoms with Crippen LogP contribution in [0, 0.1) is 0 Å². The highest BCUT2D eigenvalue weighted by atomic mass is 19.4. The summed E-state index contributed by atoms with van der Waals surface area (Å²) >= 11 is 0. The lowest BCUT2D eigenvalue weighted by atomic mass is 10.1. The second kappa shape index (κ2) is 5.87. The summed E-state index contributed by atoms with van der Waals surface area (Å²) in [6, 6.07) is 7.12. The molecule has 0 spiro atoms. The molecule has 1 aromatic heterocycles. The quantitative estimate of drug-likeness (QED) is 0.679. The first-order chi connectivity index (χ1) is 9.90. The summed E-state index contributed by atoms with van der Waals surface area (Å²) in [5.41, 5.74) is 6.22. The predicted octanol–water partition coefficient (Wildman–Crippen LogP) is 4.20. The molecule has 2 aromatic rings. The van der Waals surface area contributed by atoms with Crippen molar-refractivity contribution in [3.63, 3.8) is 0 Å². The van der Waals surface area contributed by atoms with E-state index in [0.717, 1.165) is 17.8 Å². The zero-order valence-corrected chi connectivity index (χ0v) is 11.0. The van der Waals surface area contributed by atoms with Gasteiger partial charge in [-0.15, -0.1) is 6.58 Å². The standard InChI is InChI=1S/C15H13F3N2O/c1-2-3-10-8-12(19)5-6-13(10)21-14-7-4-11(9-20-14)15(16,17)18/h2,4-9H,1,3,19H2. The van der Waals surface area contributed by atoms with E-state index < -0.39 is 11.7 Å². The van der Waals surface area contributed by atoms with E-state index in [2.05, 4.69) is 11.6 Å². The van der Waals surface area contributed by atoms with E-state index in [-0.39, 0.29) is 5.88 Å². The molecular formula is C15H13F3N2O. The molecule has 0 amide bonds. The monoisotopic (exact) mass is 294 g/mol. The molecule has 6 heteroatoms. The molecule has 3 nitrogen and oxygen atoms in total. The van der Waals surface area contributed by atoms with Crippen LogP contribution in [0.4, 0.5) is 18.9 Å². The second-order valence-electron chi connectivity index (χ2n) is 4.34. The first kappa shape index (κ1) is 14.9. The molecular weight excluding hydrogens is 281 g/mol. The van der Waals surface area contributed by atoms with Crippen LogP contribution in [-0.4, -0.2) is 4.98 Å². The number of nitrogens with two attached hydrogens (primary N) is 1. The Labute approximate surface area is 119 Å². The number of hydrogen-bond donors (Lipinski definition) is 1. The number of nitrogen functional groups attached to an aromatic ring is 1. The third-order valence-electron chi connectivity index (χ3n) is 2.73. The van der Waals surface area contributed by atoms with Gasteiger partial charge in [0.2, 0.25) is 5.88 Å². The lowest BCUT2D eigenvalue weighted by Crippen LogP contribution is -2.05. The van der Waals surface area contributed by atoms with Crippen LogP contribution < -0.4 is 10.5 Å². The highest BCUT2D eigenvalue weighted by molar-refractivity contribution is 5.49. The van der Waals surface area contributed by atoms with Crippen LogP contribution in [0.1, 0.15) is 11.1 Å². The van der Waals surface area contributed by atoms with Gasteiger partial charge < -0.3 is 10.5 Å². The molecule has 110 valence electrons. The van der Waals surface area contributed by atoms with Crippen LogP contribution in [0.5, 0.6) is 11.6 Å². The molecule has 2 rings (SSSR count). The number of anilines is 1. The number of halogens is 3. The summed E-state index contributed by atoms with van der Waals surface area (Å²) in [7, 11) is 0. The van der Waals surface area contributed by atoms with Crippen molar-refractivity contribution in [2.24, 2.45) is 0 Å². The Hall–Kier alpha value is -2.50. The SMILES string of the molecule is C=CCc1cc(N)ccc1Oc1ccc(C(F)(F)F)cn1. The maximum Gasteiger partial charge on any atom is 0.417 e. The summed E-state index contributed by atoms with van der Waals surface area (Å²) in [5, 5.41) is 0. The number of benzene rings is 1. The molecule has 0 aliphatic carbocycles. The number of pyridine rings is 1. The Kier molecular flexibility index (Phi) is 4.16. The molecule has 1 heterocycles. The van der Waals surface area contributed by atoms with Crippen LogP contribution in [0.3, 0.4) is 0 Å². The Morgan fingerprint density at radius 2 is 2.00 bits per heavy atom. The smallest absolute Gasteiger partial charge is 0.417 e. The average molecular weight is 294 g/mol. The summed E-state index contributed by atoms with van der Waals surface area (Å²) < 4.78 is 42.9. The molecule has 0 atom stereocenters. The Morgan fingerprint density at radius 3 is 2.57 bits per heavy atom. The molecule has 0 aliphatic heterocycles. The molecule has 2 N–H and O–H groups in total. The van der Waals surface area contributed by atoms with Gasteiger partial charge in [-0.05, 0) is 30.7 Å². The summed E-state index contributed by atoms with van der Waals surface area (Å²) in [4.78, 5) is 3.66. The normalized spacial score (nSPS) is 11.2. The Bertz CT molecular complexity index is 636. The largest absolute Gasteiger partial charge is 0.439 e. The van der Waals surface area contributed by atoms with Crippen LogP contribution in [0.15, 0.2) is 49.2 Å². The number of alkyl halides is 3. The molecule has 0 saturated heterocycles. The van der Waals surface area contributed by atoms with Gasteiger partial charge >= 0.3 is 6.18 Å². The van der Waals surface area contributed by atoms with E-state index in [0.29, 0.717) is 17.9 Å². The fourth-order valence-electron chi connectivity index (χ4n) is 1.73. The van der Waals surface area contributed by atoms with Gasteiger partial charge in [0.15, 0.2) is 0 Å². The van der Waals surface area contributed by atoms with Gasteiger partial charge in [-0.2, -0.15) is 13.2 Å². The van der Waals surface area contributed by atoms with Crippen molar-refractivity contribution < 1.29 is 17.9 Å². The van der Waals surface area contributed by atoms with Crippen molar-refractivity contribution in [2.45, 2.75) is 12.6 Å². The van der Waals surface area contributed by atoms with Gasteiger partial charge in [-0.3, -0.25) is 0 Å². The minimum atomic E-state index is -4.42. The number of rotatable bonds is 4. The van der Waals surface area contributed by atoms with Gasteiger partial charge in [0.05, 0.1) is 5.56 Å². The van der Waals surface area contributed by atoms with E-state index in [1.807, 2.05) is 0 Å². The number of hydrogen-bond acceptors (Lipinski definition) is 3. The Morgan fingerprint density at radius 1 is 1.24 bits per heavy atom. The summed E-state index contributed by atoms with van der Waals surface area (Å²) in [5.74, 6) is 0.564. The van der Waals surface area contributed by atoms with Crippen molar-refractivity contribution in [1.29, 1.82) is 0 Å². The Balaban J connectivity index is 2.24. The van der Waals surface area contributed by atoms with Crippen molar-refractivity contribution in [1.82, 2.24) is 4.98 Å². The molecule has 0 aliphatic rings. The van der Waals surface area contributed by atoms with E-state index in [1.165, 1.54) is 6.07 Å². The minimum Gasteiger partial charge on any atom is -0.439 e. The van der Waals surface area contributed by atoms with E-state index in [4.69, 9.17) is 10.5 Å². The van der Waals surface area contributed by atoms with Gasteiger partial charge in [0.1, 0.15) is 5.75 Å². The number of allylic oxidation sites excluding steroid dienone is 1. The topological polar surface area (TPSA) is 48.1 Å². The van der Waals surface area contributed by atoms with Gasteiger partial charge in [-0.25, -0.2) is 4.98 Å². The van der Waals surface area contributed by atoms with Crippen LogP contribution in [0.25, 0.3) is 0 Å². The van der Waals surface area contributed by atoms with Gasteiger partial charge in [-0.1, -0.05) is 6.08 Å². The second-order valence-corrected chi connectivity index (χ2v) is 4.34. The summed E-state index contributed by atoms with van der Waals surface area (Å²) in [6.07, 6.45) is -1.47. The number of nitrogens with zero attached hydrogens (tertiary/aromatic N) is 1. The zero-order chi connectivity index (χ0) is 15.5. The average Bonchev–Trinajstić information content (AvgIpc) is 2.42. The van der Waals surface area contributed by atoms with Crippen molar-refractivity contribution in [3.05, 3.63) is 60.3 Å². The molecule has 0 fully saturated rings. The van der Waals surface area contributed by atoms with Crippen molar-refractivity contribution in [2.75, 3.05) is 5.73 Å². The molecule has 21 heavy (non-hydrogen) atoms. The van der Waals surface area contributed by atoms with E-state index in [9.17, 15) is 13.2 Å². The van der Waals surface area contributed by atoms with Crippen LogP contribution >= 0.6 is 0 Å². The van der Waals surface area contributed by atoms with Crippen molar-refractivity contribution >= 4 is 5.69 Å². The highest BCUT2D eigenvalue weighted by Crippen LogP contribution is 2.31. The lowest BCUT2D eigenvalue weighted by Gasteiger charge is -2.11. The molecule has 0 bridgehead atoms. The van der Waals surface area contributed by atoms with Crippen LogP contribution in [-0.2, 0) is 12.6 Å². The van der Waals surface area contributed by atoms with E-state index in [1.54, 1.807) is 24.3 Å². The number of aromatic nitrogens is 1. The fourth-order valence-corrected chi connectivity index (χ4v) is 1.73.